The number of aromatic nitrogens is 3. The monoisotopic (exact) mass is 278 g/mol. The number of pyridine rings is 1. The minimum absolute atomic E-state index is 0.208. The van der Waals surface area contributed by atoms with E-state index >= 15 is 0 Å². The number of aryl methyl sites for hydroxylation is 1. The van der Waals surface area contributed by atoms with Crippen molar-refractivity contribution in [3.05, 3.63) is 59.4 Å². The van der Waals surface area contributed by atoms with E-state index in [9.17, 15) is 0 Å². The van der Waals surface area contributed by atoms with Gasteiger partial charge in [0.2, 0.25) is 0 Å². The fourth-order valence-electron chi connectivity index (χ4n) is 2.88. The van der Waals surface area contributed by atoms with Crippen LogP contribution in [0.2, 0.25) is 0 Å². The molecule has 1 unspecified atom stereocenters. The zero-order valence-corrected chi connectivity index (χ0v) is 11.4. The lowest BCUT2D eigenvalue weighted by molar-refractivity contribution is 0.418. The molecule has 1 aliphatic carbocycles. The van der Waals surface area contributed by atoms with Gasteiger partial charge in [0.15, 0.2) is 5.82 Å². The Morgan fingerprint density at radius 2 is 1.95 bits per heavy atom. The van der Waals surface area contributed by atoms with E-state index < -0.39 is 0 Å². The number of fused-ring (bicyclic) bond motifs is 1. The Morgan fingerprint density at radius 1 is 1.05 bits per heavy atom. The number of nitrogen functional groups attached to an aromatic ring is 1. The van der Waals surface area contributed by atoms with Crippen molar-refractivity contribution in [2.75, 3.05) is 5.73 Å². The maximum absolute atomic E-state index is 5.69. The van der Waals surface area contributed by atoms with E-state index in [0.29, 0.717) is 17.4 Å². The van der Waals surface area contributed by atoms with E-state index in [1.807, 2.05) is 12.1 Å². The van der Waals surface area contributed by atoms with Gasteiger partial charge in [-0.3, -0.25) is 0 Å². The molecule has 0 aliphatic heterocycles. The molecule has 0 saturated carbocycles. The lowest BCUT2D eigenvalue weighted by atomic mass is 10.0. The van der Waals surface area contributed by atoms with Gasteiger partial charge in [-0.15, -0.1) is 0 Å². The quantitative estimate of drug-likeness (QED) is 0.779. The molecule has 1 aromatic carbocycles. The minimum atomic E-state index is 0.208. The number of anilines is 1. The molecule has 0 spiro atoms. The molecule has 1 aliphatic rings. The molecule has 5 nitrogen and oxygen atoms in total. The van der Waals surface area contributed by atoms with Gasteiger partial charge in [0, 0.05) is 5.92 Å². The SMILES string of the molecule is Nc1cccc(-c2nc(C3CCc4ccccc43)no2)n1. The third kappa shape index (κ3) is 2.07. The van der Waals surface area contributed by atoms with Gasteiger partial charge >= 0.3 is 0 Å². The normalized spacial score (nSPS) is 16.9. The van der Waals surface area contributed by atoms with E-state index in [4.69, 9.17) is 10.3 Å². The summed E-state index contributed by atoms with van der Waals surface area (Å²) in [6, 6.07) is 13.8. The number of benzene rings is 1. The average Bonchev–Trinajstić information content (AvgIpc) is 3.14. The van der Waals surface area contributed by atoms with Gasteiger partial charge < -0.3 is 10.3 Å². The van der Waals surface area contributed by atoms with Crippen molar-refractivity contribution in [1.29, 1.82) is 0 Å². The number of rotatable bonds is 2. The van der Waals surface area contributed by atoms with E-state index in [1.165, 1.54) is 11.1 Å². The molecule has 0 saturated heterocycles. The first-order valence-electron chi connectivity index (χ1n) is 6.95. The lowest BCUT2D eigenvalue weighted by Gasteiger charge is -2.05. The summed E-state index contributed by atoms with van der Waals surface area (Å²) in [6.45, 7) is 0. The van der Waals surface area contributed by atoms with Crippen LogP contribution in [0.4, 0.5) is 5.82 Å². The van der Waals surface area contributed by atoms with Gasteiger partial charge in [0.05, 0.1) is 0 Å². The molecule has 5 heteroatoms. The standard InChI is InChI=1S/C16H14N4O/c17-14-7-3-6-13(18-14)16-19-15(20-21-16)12-9-8-10-4-1-2-5-11(10)12/h1-7,12H,8-9H2,(H2,17,18). The van der Waals surface area contributed by atoms with Crippen LogP contribution in [0.25, 0.3) is 11.6 Å². The third-order valence-corrected chi connectivity index (χ3v) is 3.88. The van der Waals surface area contributed by atoms with Gasteiger partial charge in [-0.2, -0.15) is 4.98 Å². The van der Waals surface area contributed by atoms with Crippen LogP contribution in [0.5, 0.6) is 0 Å². The molecule has 3 aromatic rings. The highest BCUT2D eigenvalue weighted by Crippen LogP contribution is 2.37. The molecule has 0 radical (unpaired) electrons. The topological polar surface area (TPSA) is 77.8 Å². The summed E-state index contributed by atoms with van der Waals surface area (Å²) in [6.07, 6.45) is 2.07. The van der Waals surface area contributed by atoms with Gasteiger partial charge in [0.25, 0.3) is 5.89 Å². The first-order valence-corrected chi connectivity index (χ1v) is 6.95. The van der Waals surface area contributed by atoms with E-state index in [0.717, 1.165) is 18.7 Å². The Morgan fingerprint density at radius 3 is 2.86 bits per heavy atom. The zero-order chi connectivity index (χ0) is 14.2. The van der Waals surface area contributed by atoms with Crippen molar-refractivity contribution >= 4 is 5.82 Å². The summed E-state index contributed by atoms with van der Waals surface area (Å²) in [5.41, 5.74) is 8.97. The van der Waals surface area contributed by atoms with Crippen LogP contribution in [-0.2, 0) is 6.42 Å². The molecule has 1 atom stereocenters. The van der Waals surface area contributed by atoms with Crippen molar-refractivity contribution in [2.24, 2.45) is 0 Å². The second-order valence-corrected chi connectivity index (χ2v) is 5.20. The maximum Gasteiger partial charge on any atom is 0.276 e. The summed E-state index contributed by atoms with van der Waals surface area (Å²) in [4.78, 5) is 8.72. The molecule has 0 amide bonds. The zero-order valence-electron chi connectivity index (χ0n) is 11.4. The predicted octanol–water partition coefficient (Wildman–Crippen LogP) is 2.79. The lowest BCUT2D eigenvalue weighted by Crippen LogP contribution is -1.98. The first kappa shape index (κ1) is 12.1. The van der Waals surface area contributed by atoms with Gasteiger partial charge in [-0.1, -0.05) is 35.5 Å². The molecular weight excluding hydrogens is 264 g/mol. The van der Waals surface area contributed by atoms with Crippen LogP contribution in [0.1, 0.15) is 29.3 Å². The van der Waals surface area contributed by atoms with Crippen LogP contribution < -0.4 is 5.73 Å². The van der Waals surface area contributed by atoms with E-state index in [-0.39, 0.29) is 5.92 Å². The van der Waals surface area contributed by atoms with E-state index in [1.54, 1.807) is 6.07 Å². The Kier molecular flexibility index (Phi) is 2.70. The van der Waals surface area contributed by atoms with Crippen LogP contribution in [-0.4, -0.2) is 15.1 Å². The summed E-state index contributed by atoms with van der Waals surface area (Å²) < 4.78 is 5.35. The summed E-state index contributed by atoms with van der Waals surface area (Å²) >= 11 is 0. The van der Waals surface area contributed by atoms with Crippen LogP contribution in [0.15, 0.2) is 47.0 Å². The Hall–Kier alpha value is -2.69. The van der Waals surface area contributed by atoms with Gasteiger partial charge in [0.1, 0.15) is 11.5 Å². The predicted molar refractivity (Wildman–Crippen MR) is 78.5 cm³/mol. The molecule has 2 heterocycles. The number of hydrogen-bond donors (Lipinski definition) is 1. The van der Waals surface area contributed by atoms with Crippen molar-refractivity contribution in [3.8, 4) is 11.6 Å². The molecule has 4 rings (SSSR count). The van der Waals surface area contributed by atoms with Crippen molar-refractivity contribution in [1.82, 2.24) is 15.1 Å². The van der Waals surface area contributed by atoms with Crippen molar-refractivity contribution in [2.45, 2.75) is 18.8 Å². The molecule has 0 bridgehead atoms. The highest BCUT2D eigenvalue weighted by Gasteiger charge is 2.27. The summed E-state index contributed by atoms with van der Waals surface area (Å²) in [5, 5.41) is 4.14. The number of nitrogens with two attached hydrogens (primary N) is 1. The van der Waals surface area contributed by atoms with Gasteiger partial charge in [-0.05, 0) is 36.1 Å². The fraction of sp³-hybridized carbons (Fsp3) is 0.188. The van der Waals surface area contributed by atoms with Gasteiger partial charge in [-0.25, -0.2) is 4.98 Å². The van der Waals surface area contributed by atoms with Crippen molar-refractivity contribution < 1.29 is 4.52 Å². The fourth-order valence-corrected chi connectivity index (χ4v) is 2.88. The largest absolute Gasteiger partial charge is 0.384 e. The summed E-state index contributed by atoms with van der Waals surface area (Å²) in [5.74, 6) is 1.79. The molecule has 2 aromatic heterocycles. The highest BCUT2D eigenvalue weighted by molar-refractivity contribution is 5.50. The number of hydrogen-bond acceptors (Lipinski definition) is 5. The van der Waals surface area contributed by atoms with Crippen LogP contribution in [0, 0.1) is 0 Å². The Balaban J connectivity index is 1.70. The average molecular weight is 278 g/mol. The molecule has 21 heavy (non-hydrogen) atoms. The van der Waals surface area contributed by atoms with Crippen LogP contribution >= 0.6 is 0 Å². The summed E-state index contributed by atoms with van der Waals surface area (Å²) in [7, 11) is 0. The minimum Gasteiger partial charge on any atom is -0.384 e. The maximum atomic E-state index is 5.69. The molecule has 0 fully saturated rings. The molecule has 104 valence electrons. The number of nitrogens with zero attached hydrogens (tertiary/aromatic N) is 3. The molecule has 2 N–H and O–H groups in total. The highest BCUT2D eigenvalue weighted by atomic mass is 16.5. The second kappa shape index (κ2) is 4.70. The molecular formula is C16H14N4O. The Labute approximate surface area is 121 Å². The van der Waals surface area contributed by atoms with Crippen LogP contribution in [0.3, 0.4) is 0 Å². The second-order valence-electron chi connectivity index (χ2n) is 5.20. The smallest absolute Gasteiger partial charge is 0.276 e. The first-order chi connectivity index (χ1) is 10.3. The van der Waals surface area contributed by atoms with E-state index in [2.05, 4.69) is 39.4 Å². The van der Waals surface area contributed by atoms with Crippen molar-refractivity contribution in [3.63, 3.8) is 0 Å². The Bertz CT molecular complexity index is 796. The third-order valence-electron chi connectivity index (χ3n) is 3.88.